The summed E-state index contributed by atoms with van der Waals surface area (Å²) in [5.74, 6) is -0.0192. The van der Waals surface area contributed by atoms with Gasteiger partial charge in [0, 0.05) is 47.8 Å². The van der Waals surface area contributed by atoms with Gasteiger partial charge in [-0.05, 0) is 36.8 Å². The van der Waals surface area contributed by atoms with Crippen LogP contribution in [-0.2, 0) is 0 Å². The number of carbonyl (C=O) groups is 1. The number of thiophene rings is 1. The van der Waals surface area contributed by atoms with Gasteiger partial charge in [-0.1, -0.05) is 48.0 Å². The summed E-state index contributed by atoms with van der Waals surface area (Å²) < 4.78 is 0. The Bertz CT molecular complexity index is 1300. The van der Waals surface area contributed by atoms with Crippen LogP contribution in [-0.4, -0.2) is 42.0 Å². The molecule has 0 spiro atoms. The van der Waals surface area contributed by atoms with Crippen LogP contribution in [0.25, 0.3) is 21.5 Å². The summed E-state index contributed by atoms with van der Waals surface area (Å²) in [6.07, 6.45) is 0. The van der Waals surface area contributed by atoms with E-state index in [0.29, 0.717) is 23.7 Å². The average molecular weight is 463 g/mol. The van der Waals surface area contributed by atoms with Gasteiger partial charge in [0.05, 0.1) is 11.4 Å². The van der Waals surface area contributed by atoms with Gasteiger partial charge in [-0.2, -0.15) is 0 Å². The Kier molecular flexibility index (Phi) is 5.49. The van der Waals surface area contributed by atoms with E-state index in [1.165, 1.54) is 16.9 Å². The quantitative estimate of drug-likeness (QED) is 0.438. The molecular formula is C25H23ClN4OS. The summed E-state index contributed by atoms with van der Waals surface area (Å²) in [7, 11) is 0. The molecule has 2 N–H and O–H groups in total. The number of amides is 1. The molecule has 3 heterocycles. The number of nitrogens with zero attached hydrogens (tertiary/aromatic N) is 3. The number of piperazine rings is 1. The van der Waals surface area contributed by atoms with Crippen LogP contribution in [0.5, 0.6) is 0 Å². The fraction of sp³-hybridized carbons (Fsp3) is 0.200. The predicted octanol–water partition coefficient (Wildman–Crippen LogP) is 5.47. The zero-order valence-electron chi connectivity index (χ0n) is 17.7. The van der Waals surface area contributed by atoms with E-state index in [2.05, 4.69) is 11.8 Å². The van der Waals surface area contributed by atoms with Gasteiger partial charge in [0.15, 0.2) is 0 Å². The molecule has 1 amide bonds. The molecule has 5 rings (SSSR count). The highest BCUT2D eigenvalue weighted by Gasteiger charge is 2.27. The molecule has 0 atom stereocenters. The summed E-state index contributed by atoms with van der Waals surface area (Å²) >= 11 is 7.57. The zero-order valence-corrected chi connectivity index (χ0v) is 19.3. The number of aromatic nitrogens is 1. The second-order valence-corrected chi connectivity index (χ2v) is 9.41. The third-order valence-electron chi connectivity index (χ3n) is 5.94. The molecule has 0 saturated carbocycles. The van der Waals surface area contributed by atoms with Crippen molar-refractivity contribution in [2.45, 2.75) is 6.92 Å². The van der Waals surface area contributed by atoms with Crippen molar-refractivity contribution in [3.8, 4) is 11.3 Å². The summed E-state index contributed by atoms with van der Waals surface area (Å²) in [6.45, 7) is 4.88. The number of benzene rings is 2. The smallest absolute Gasteiger partial charge is 0.266 e. The Morgan fingerprint density at radius 1 is 1.03 bits per heavy atom. The minimum absolute atomic E-state index is 0.0192. The predicted molar refractivity (Wildman–Crippen MR) is 134 cm³/mol. The lowest BCUT2D eigenvalue weighted by Crippen LogP contribution is -2.49. The van der Waals surface area contributed by atoms with E-state index in [-0.39, 0.29) is 5.91 Å². The number of hydrogen-bond donors (Lipinski definition) is 1. The summed E-state index contributed by atoms with van der Waals surface area (Å²) in [5, 5.41) is 1.57. The van der Waals surface area contributed by atoms with E-state index >= 15 is 0 Å². The minimum atomic E-state index is -0.0192. The molecule has 162 valence electrons. The highest BCUT2D eigenvalue weighted by molar-refractivity contribution is 7.21. The number of fused-ring (bicyclic) bond motifs is 1. The van der Waals surface area contributed by atoms with Crippen molar-refractivity contribution >= 4 is 50.4 Å². The van der Waals surface area contributed by atoms with Crippen LogP contribution in [0.4, 0.5) is 11.4 Å². The second kappa shape index (κ2) is 8.45. The average Bonchev–Trinajstić information content (AvgIpc) is 3.16. The van der Waals surface area contributed by atoms with Crippen LogP contribution < -0.4 is 10.6 Å². The van der Waals surface area contributed by atoms with Gasteiger partial charge in [-0.25, -0.2) is 4.98 Å². The summed E-state index contributed by atoms with van der Waals surface area (Å²) in [5.41, 5.74) is 11.1. The van der Waals surface area contributed by atoms with Crippen molar-refractivity contribution in [3.05, 3.63) is 76.1 Å². The molecule has 0 unspecified atom stereocenters. The van der Waals surface area contributed by atoms with E-state index in [9.17, 15) is 4.79 Å². The molecule has 1 fully saturated rings. The molecule has 1 saturated heterocycles. The largest absolute Gasteiger partial charge is 0.397 e. The Morgan fingerprint density at radius 2 is 1.78 bits per heavy atom. The number of nitrogens with two attached hydrogens (primary N) is 1. The van der Waals surface area contributed by atoms with Gasteiger partial charge >= 0.3 is 0 Å². The number of halogens is 1. The van der Waals surface area contributed by atoms with E-state index in [1.807, 2.05) is 65.6 Å². The van der Waals surface area contributed by atoms with Gasteiger partial charge in [-0.15, -0.1) is 11.3 Å². The summed E-state index contributed by atoms with van der Waals surface area (Å²) in [4.78, 5) is 23.6. The zero-order chi connectivity index (χ0) is 22.2. The van der Waals surface area contributed by atoms with Crippen LogP contribution >= 0.6 is 22.9 Å². The van der Waals surface area contributed by atoms with Crippen molar-refractivity contribution < 1.29 is 4.79 Å². The van der Waals surface area contributed by atoms with E-state index in [0.717, 1.165) is 45.3 Å². The lowest BCUT2D eigenvalue weighted by atomic mass is 10.1. The number of aryl methyl sites for hydroxylation is 1. The number of anilines is 2. The Balaban J connectivity index is 1.36. The third kappa shape index (κ3) is 3.80. The minimum Gasteiger partial charge on any atom is -0.397 e. The first kappa shape index (κ1) is 20.8. The lowest BCUT2D eigenvalue weighted by Gasteiger charge is -2.36. The second-order valence-electron chi connectivity index (χ2n) is 7.97. The van der Waals surface area contributed by atoms with Crippen molar-refractivity contribution in [1.82, 2.24) is 9.88 Å². The van der Waals surface area contributed by atoms with Gasteiger partial charge in [0.25, 0.3) is 5.91 Å². The molecule has 7 heteroatoms. The highest BCUT2D eigenvalue weighted by Crippen LogP contribution is 2.35. The van der Waals surface area contributed by atoms with Crippen LogP contribution in [0.3, 0.4) is 0 Å². The maximum absolute atomic E-state index is 13.3. The summed E-state index contributed by atoms with van der Waals surface area (Å²) in [6, 6.07) is 19.9. The van der Waals surface area contributed by atoms with Crippen LogP contribution in [0.2, 0.25) is 5.02 Å². The lowest BCUT2D eigenvalue weighted by molar-refractivity contribution is 0.0752. The van der Waals surface area contributed by atoms with Crippen molar-refractivity contribution in [2.75, 3.05) is 36.8 Å². The standard InChI is InChI=1S/C25H23ClN4OS/c1-16-7-8-18(26)15-21(16)29-11-13-30(14-12-29)25(31)23-22(27)19-9-10-20(28-24(19)32-23)17-5-3-2-4-6-17/h2-10,15H,11-14,27H2,1H3. The van der Waals surface area contributed by atoms with Crippen LogP contribution in [0.15, 0.2) is 60.7 Å². The molecule has 0 radical (unpaired) electrons. The molecule has 1 aliphatic heterocycles. The van der Waals surface area contributed by atoms with Crippen LogP contribution in [0.1, 0.15) is 15.2 Å². The topological polar surface area (TPSA) is 62.5 Å². The number of carbonyl (C=O) groups excluding carboxylic acids is 1. The Hall–Kier alpha value is -3.09. The molecule has 0 aliphatic carbocycles. The Morgan fingerprint density at radius 3 is 2.53 bits per heavy atom. The monoisotopic (exact) mass is 462 g/mol. The molecular weight excluding hydrogens is 440 g/mol. The molecule has 0 bridgehead atoms. The first-order chi connectivity index (χ1) is 15.5. The maximum atomic E-state index is 13.3. The van der Waals surface area contributed by atoms with Crippen molar-refractivity contribution in [2.24, 2.45) is 0 Å². The molecule has 5 nitrogen and oxygen atoms in total. The van der Waals surface area contributed by atoms with Gasteiger partial charge in [0.2, 0.25) is 0 Å². The fourth-order valence-electron chi connectivity index (χ4n) is 4.14. The van der Waals surface area contributed by atoms with Gasteiger partial charge in [-0.3, -0.25) is 4.79 Å². The van der Waals surface area contributed by atoms with E-state index in [4.69, 9.17) is 22.3 Å². The number of nitrogen functional groups attached to an aromatic ring is 1. The Labute approximate surface area is 196 Å². The molecule has 4 aromatic rings. The van der Waals surface area contributed by atoms with Crippen LogP contribution in [0, 0.1) is 6.92 Å². The first-order valence-corrected chi connectivity index (χ1v) is 11.8. The first-order valence-electron chi connectivity index (χ1n) is 10.6. The highest BCUT2D eigenvalue weighted by atomic mass is 35.5. The number of rotatable bonds is 3. The maximum Gasteiger partial charge on any atom is 0.266 e. The SMILES string of the molecule is Cc1ccc(Cl)cc1N1CCN(C(=O)c2sc3nc(-c4ccccc4)ccc3c2N)CC1. The van der Waals surface area contributed by atoms with Crippen molar-refractivity contribution in [3.63, 3.8) is 0 Å². The molecule has 2 aromatic carbocycles. The normalized spacial score (nSPS) is 14.2. The van der Waals surface area contributed by atoms with Gasteiger partial charge in [0.1, 0.15) is 9.71 Å². The molecule has 2 aromatic heterocycles. The van der Waals surface area contributed by atoms with E-state index < -0.39 is 0 Å². The fourth-order valence-corrected chi connectivity index (χ4v) is 5.37. The van der Waals surface area contributed by atoms with Gasteiger partial charge < -0.3 is 15.5 Å². The molecule has 1 aliphatic rings. The van der Waals surface area contributed by atoms with E-state index in [1.54, 1.807) is 0 Å². The number of hydrogen-bond acceptors (Lipinski definition) is 5. The van der Waals surface area contributed by atoms with Crippen molar-refractivity contribution in [1.29, 1.82) is 0 Å². The molecule has 32 heavy (non-hydrogen) atoms. The third-order valence-corrected chi connectivity index (χ3v) is 7.27. The number of pyridine rings is 1.